The van der Waals surface area contributed by atoms with Crippen LogP contribution in [-0.2, 0) is 15.9 Å². The Balaban J connectivity index is 1.83. The Morgan fingerprint density at radius 1 is 1.26 bits per heavy atom. The lowest BCUT2D eigenvalue weighted by atomic mass is 9.78. The fourth-order valence-electron chi connectivity index (χ4n) is 3.00. The summed E-state index contributed by atoms with van der Waals surface area (Å²) < 4.78 is 12.3. The zero-order valence-electron chi connectivity index (χ0n) is 14.3. The molecule has 0 aromatic heterocycles. The molecule has 1 aromatic rings. The molecule has 3 rings (SSSR count). The summed E-state index contributed by atoms with van der Waals surface area (Å²) >= 11 is 0. The number of fused-ring (bicyclic) bond motifs is 1. The summed E-state index contributed by atoms with van der Waals surface area (Å²) in [6, 6.07) is 8.50. The lowest BCUT2D eigenvalue weighted by Crippen LogP contribution is -2.41. The molecule has 0 atom stereocenters. The molecule has 23 heavy (non-hydrogen) atoms. The van der Waals surface area contributed by atoms with Crippen LogP contribution in [0.25, 0.3) is 5.70 Å². The van der Waals surface area contributed by atoms with Gasteiger partial charge in [0.2, 0.25) is 0 Å². The van der Waals surface area contributed by atoms with Gasteiger partial charge in [-0.2, -0.15) is 5.26 Å². The number of hydrogen-bond donors (Lipinski definition) is 0. The molecule has 0 aliphatic carbocycles. The zero-order valence-corrected chi connectivity index (χ0v) is 14.3. The van der Waals surface area contributed by atoms with Crippen molar-refractivity contribution in [2.75, 3.05) is 6.54 Å². The summed E-state index contributed by atoms with van der Waals surface area (Å²) in [5.74, 6) is 0. The molecular weight excluding hydrogens is 287 g/mol. The molecule has 2 aliphatic rings. The summed E-state index contributed by atoms with van der Waals surface area (Å²) in [7, 11) is -0.355. The maximum absolute atomic E-state index is 8.78. The highest BCUT2D eigenvalue weighted by molar-refractivity contribution is 6.62. The van der Waals surface area contributed by atoms with Crippen molar-refractivity contribution < 1.29 is 9.31 Å². The van der Waals surface area contributed by atoms with Crippen molar-refractivity contribution in [1.29, 1.82) is 5.26 Å². The molecule has 1 aromatic carbocycles. The Labute approximate surface area is 138 Å². The van der Waals surface area contributed by atoms with Crippen molar-refractivity contribution in [3.05, 3.63) is 35.9 Å². The van der Waals surface area contributed by atoms with E-state index in [-0.39, 0.29) is 18.3 Å². The molecule has 0 radical (unpaired) electrons. The van der Waals surface area contributed by atoms with Gasteiger partial charge in [-0.15, -0.1) is 0 Å². The monoisotopic (exact) mass is 310 g/mol. The van der Waals surface area contributed by atoms with Crippen molar-refractivity contribution >= 4 is 18.3 Å². The summed E-state index contributed by atoms with van der Waals surface area (Å²) in [5, 5.41) is 8.78. The molecule has 120 valence electrons. The molecule has 0 spiro atoms. The van der Waals surface area contributed by atoms with Crippen molar-refractivity contribution in [2.45, 2.75) is 51.9 Å². The van der Waals surface area contributed by atoms with Crippen molar-refractivity contribution in [3.63, 3.8) is 0 Å². The van der Waals surface area contributed by atoms with Crippen molar-refractivity contribution in [2.24, 2.45) is 0 Å². The van der Waals surface area contributed by atoms with Crippen LogP contribution >= 0.6 is 0 Å². The molecule has 1 saturated heterocycles. The Morgan fingerprint density at radius 2 is 1.91 bits per heavy atom. The van der Waals surface area contributed by atoms with Gasteiger partial charge in [0.15, 0.2) is 0 Å². The predicted octanol–water partition coefficient (Wildman–Crippen LogP) is 2.69. The van der Waals surface area contributed by atoms with Gasteiger partial charge in [-0.05, 0) is 38.7 Å². The van der Waals surface area contributed by atoms with E-state index in [2.05, 4.69) is 63.4 Å². The zero-order chi connectivity index (χ0) is 16.8. The van der Waals surface area contributed by atoms with E-state index in [1.54, 1.807) is 0 Å². The molecular formula is C18H23BN2O2. The van der Waals surface area contributed by atoms with E-state index >= 15 is 0 Å². The highest BCUT2D eigenvalue weighted by Gasteiger charge is 2.51. The van der Waals surface area contributed by atoms with Gasteiger partial charge in [0.05, 0.1) is 23.7 Å². The quantitative estimate of drug-likeness (QED) is 0.805. The number of benzene rings is 1. The van der Waals surface area contributed by atoms with Crippen LogP contribution in [0.4, 0.5) is 0 Å². The third-order valence-corrected chi connectivity index (χ3v) is 5.21. The predicted molar refractivity (Wildman–Crippen MR) is 91.8 cm³/mol. The number of rotatable bonds is 3. The van der Waals surface area contributed by atoms with Crippen molar-refractivity contribution in [1.82, 2.24) is 4.90 Å². The van der Waals surface area contributed by atoms with E-state index in [4.69, 9.17) is 14.6 Å². The average Bonchev–Trinajstić information content (AvgIpc) is 2.90. The third-order valence-electron chi connectivity index (χ3n) is 5.21. The van der Waals surface area contributed by atoms with Crippen LogP contribution in [0, 0.1) is 11.3 Å². The van der Waals surface area contributed by atoms with Gasteiger partial charge in [-0.1, -0.05) is 24.8 Å². The first-order valence-electron chi connectivity index (χ1n) is 8.05. The number of nitrogens with zero attached hydrogens (tertiary/aromatic N) is 2. The first-order chi connectivity index (χ1) is 10.7. The molecule has 0 saturated carbocycles. The molecule has 0 amide bonds. The van der Waals surface area contributed by atoms with E-state index in [9.17, 15) is 0 Å². The minimum absolute atomic E-state index is 0.341. The van der Waals surface area contributed by atoms with Gasteiger partial charge in [-0.25, -0.2) is 0 Å². The summed E-state index contributed by atoms with van der Waals surface area (Å²) in [4.78, 5) is 2.15. The van der Waals surface area contributed by atoms with E-state index in [0.29, 0.717) is 6.42 Å². The fourth-order valence-corrected chi connectivity index (χ4v) is 3.00. The van der Waals surface area contributed by atoms with Gasteiger partial charge < -0.3 is 14.2 Å². The second kappa shape index (κ2) is 5.40. The van der Waals surface area contributed by atoms with E-state index in [1.807, 2.05) is 0 Å². The van der Waals surface area contributed by atoms with Crippen LogP contribution in [-0.4, -0.2) is 29.8 Å². The first kappa shape index (κ1) is 16.1. The van der Waals surface area contributed by atoms with Crippen LogP contribution in [0.2, 0.25) is 0 Å². The summed E-state index contributed by atoms with van der Waals surface area (Å²) in [5.41, 5.74) is 3.70. The lowest BCUT2D eigenvalue weighted by molar-refractivity contribution is 0.00578. The molecule has 0 bridgehead atoms. The normalized spacial score (nSPS) is 21.4. The molecule has 2 aliphatic heterocycles. The molecule has 2 heterocycles. The maximum Gasteiger partial charge on any atom is 0.494 e. The standard InChI is InChI=1S/C18H23BN2O2/c1-13-16-11-15(19-22-17(2,3)18(4,5)23-19)8-7-14(16)12-21(13)10-6-9-20/h7-8,11H,1,6,10,12H2,2-5H3. The Bertz CT molecular complexity index is 675. The van der Waals surface area contributed by atoms with E-state index in [1.165, 1.54) is 5.56 Å². The Morgan fingerprint density at radius 3 is 2.52 bits per heavy atom. The first-order valence-corrected chi connectivity index (χ1v) is 8.05. The SMILES string of the molecule is C=C1c2cc(B3OC(C)(C)C(C)(C)O3)ccc2CN1CCC#N. The highest BCUT2D eigenvalue weighted by atomic mass is 16.7. The van der Waals surface area contributed by atoms with Crippen molar-refractivity contribution in [3.8, 4) is 6.07 Å². The lowest BCUT2D eigenvalue weighted by Gasteiger charge is -2.32. The van der Waals surface area contributed by atoms with Gasteiger partial charge >= 0.3 is 7.12 Å². The Kier molecular flexibility index (Phi) is 3.78. The molecule has 1 fully saturated rings. The van der Waals surface area contributed by atoms with Crippen LogP contribution in [0.5, 0.6) is 0 Å². The minimum atomic E-state index is -0.355. The smallest absolute Gasteiger partial charge is 0.399 e. The summed E-state index contributed by atoms with van der Waals surface area (Å²) in [6.45, 7) is 14.0. The van der Waals surface area contributed by atoms with Gasteiger partial charge in [0, 0.05) is 24.4 Å². The van der Waals surface area contributed by atoms with Crippen LogP contribution < -0.4 is 5.46 Å². The largest absolute Gasteiger partial charge is 0.494 e. The summed E-state index contributed by atoms with van der Waals surface area (Å²) in [6.07, 6.45) is 0.511. The highest BCUT2D eigenvalue weighted by Crippen LogP contribution is 2.37. The maximum atomic E-state index is 8.78. The van der Waals surface area contributed by atoms with Crippen LogP contribution in [0.3, 0.4) is 0 Å². The third kappa shape index (κ3) is 2.67. The van der Waals surface area contributed by atoms with Gasteiger partial charge in [0.1, 0.15) is 0 Å². The number of nitriles is 1. The van der Waals surface area contributed by atoms with Gasteiger partial charge in [0.25, 0.3) is 0 Å². The second-order valence-electron chi connectivity index (χ2n) is 7.28. The Hall–Kier alpha value is -1.77. The molecule has 4 nitrogen and oxygen atoms in total. The van der Waals surface area contributed by atoms with Crippen LogP contribution in [0.15, 0.2) is 24.8 Å². The van der Waals surface area contributed by atoms with Crippen LogP contribution in [0.1, 0.15) is 45.2 Å². The second-order valence-corrected chi connectivity index (χ2v) is 7.28. The number of hydrogen-bond acceptors (Lipinski definition) is 4. The average molecular weight is 310 g/mol. The minimum Gasteiger partial charge on any atom is -0.399 e. The topological polar surface area (TPSA) is 45.5 Å². The fraction of sp³-hybridized carbons (Fsp3) is 0.500. The van der Waals surface area contributed by atoms with Gasteiger partial charge in [-0.3, -0.25) is 0 Å². The molecule has 0 unspecified atom stereocenters. The van der Waals surface area contributed by atoms with E-state index < -0.39 is 0 Å². The van der Waals surface area contributed by atoms with E-state index in [0.717, 1.165) is 29.8 Å². The molecule has 5 heteroatoms. The molecule has 0 N–H and O–H groups in total.